The fourth-order valence-corrected chi connectivity index (χ4v) is 2.98. The molecule has 2 heterocycles. The first-order chi connectivity index (χ1) is 9.19. The molecule has 0 saturated carbocycles. The van der Waals surface area contributed by atoms with Crippen molar-refractivity contribution in [1.29, 1.82) is 0 Å². The maximum absolute atomic E-state index is 5.56. The van der Waals surface area contributed by atoms with Crippen molar-refractivity contribution in [3.05, 3.63) is 34.2 Å². The lowest BCUT2D eigenvalue weighted by Crippen LogP contribution is -2.02. The summed E-state index contributed by atoms with van der Waals surface area (Å²) >= 11 is 1.65. The van der Waals surface area contributed by atoms with E-state index in [1.807, 2.05) is 7.05 Å². The SMILES string of the molecule is Cc1ccc2c(c1)nc(-c1csc(CCN)n1)n2C. The number of hydrogen-bond acceptors (Lipinski definition) is 4. The molecule has 3 aromatic rings. The number of benzene rings is 1. The van der Waals surface area contributed by atoms with E-state index in [0.29, 0.717) is 6.54 Å². The minimum atomic E-state index is 0.634. The molecule has 0 radical (unpaired) electrons. The lowest BCUT2D eigenvalue weighted by atomic mass is 10.2. The van der Waals surface area contributed by atoms with Crippen molar-refractivity contribution in [3.8, 4) is 11.5 Å². The molecular formula is C14H16N4S. The van der Waals surface area contributed by atoms with E-state index in [9.17, 15) is 0 Å². The van der Waals surface area contributed by atoms with Crippen molar-refractivity contribution in [2.45, 2.75) is 13.3 Å². The highest BCUT2D eigenvalue weighted by molar-refractivity contribution is 7.09. The maximum atomic E-state index is 5.56. The smallest absolute Gasteiger partial charge is 0.160 e. The average Bonchev–Trinajstić information content (AvgIpc) is 2.95. The molecule has 0 bridgehead atoms. The summed E-state index contributed by atoms with van der Waals surface area (Å²) in [5, 5.41) is 3.12. The van der Waals surface area contributed by atoms with Gasteiger partial charge in [-0.3, -0.25) is 0 Å². The molecule has 0 spiro atoms. The zero-order valence-electron chi connectivity index (χ0n) is 11.1. The Balaban J connectivity index is 2.10. The van der Waals surface area contributed by atoms with Gasteiger partial charge in [-0.2, -0.15) is 0 Å². The van der Waals surface area contributed by atoms with Crippen LogP contribution in [0, 0.1) is 6.92 Å². The molecule has 0 saturated heterocycles. The Kier molecular flexibility index (Phi) is 3.08. The molecule has 5 heteroatoms. The Hall–Kier alpha value is -1.72. The Morgan fingerprint density at radius 3 is 2.95 bits per heavy atom. The Morgan fingerprint density at radius 2 is 2.16 bits per heavy atom. The number of hydrogen-bond donors (Lipinski definition) is 1. The second kappa shape index (κ2) is 4.75. The van der Waals surface area contributed by atoms with E-state index in [1.165, 1.54) is 5.56 Å². The van der Waals surface area contributed by atoms with Crippen molar-refractivity contribution in [3.63, 3.8) is 0 Å². The third-order valence-corrected chi connectivity index (χ3v) is 4.08. The molecular weight excluding hydrogens is 256 g/mol. The molecule has 98 valence electrons. The monoisotopic (exact) mass is 272 g/mol. The third kappa shape index (κ3) is 2.15. The van der Waals surface area contributed by atoms with Crippen LogP contribution in [-0.4, -0.2) is 21.1 Å². The van der Waals surface area contributed by atoms with Crippen LogP contribution in [-0.2, 0) is 13.5 Å². The van der Waals surface area contributed by atoms with E-state index in [4.69, 9.17) is 10.7 Å². The number of nitrogens with two attached hydrogens (primary N) is 1. The summed E-state index contributed by atoms with van der Waals surface area (Å²) in [6.45, 7) is 2.71. The van der Waals surface area contributed by atoms with Crippen LogP contribution in [0.4, 0.5) is 0 Å². The van der Waals surface area contributed by atoms with Gasteiger partial charge in [0.1, 0.15) is 5.69 Å². The van der Waals surface area contributed by atoms with Gasteiger partial charge in [-0.1, -0.05) is 6.07 Å². The highest BCUT2D eigenvalue weighted by atomic mass is 32.1. The van der Waals surface area contributed by atoms with Gasteiger partial charge in [0, 0.05) is 18.8 Å². The number of imidazole rings is 1. The fourth-order valence-electron chi connectivity index (χ4n) is 2.19. The van der Waals surface area contributed by atoms with Crippen LogP contribution in [0.15, 0.2) is 23.6 Å². The molecule has 0 fully saturated rings. The normalized spacial score (nSPS) is 11.3. The molecule has 2 N–H and O–H groups in total. The third-order valence-electron chi connectivity index (χ3n) is 3.18. The molecule has 0 amide bonds. The Bertz CT molecular complexity index is 726. The van der Waals surface area contributed by atoms with Gasteiger partial charge in [0.2, 0.25) is 0 Å². The fraction of sp³-hybridized carbons (Fsp3) is 0.286. The molecule has 4 nitrogen and oxygen atoms in total. The van der Waals surface area contributed by atoms with E-state index < -0.39 is 0 Å². The van der Waals surface area contributed by atoms with Crippen molar-refractivity contribution < 1.29 is 0 Å². The van der Waals surface area contributed by atoms with Crippen molar-refractivity contribution >= 4 is 22.4 Å². The first kappa shape index (κ1) is 12.3. The van der Waals surface area contributed by atoms with Crippen molar-refractivity contribution in [2.75, 3.05) is 6.54 Å². The van der Waals surface area contributed by atoms with Crippen molar-refractivity contribution in [1.82, 2.24) is 14.5 Å². The number of nitrogens with zero attached hydrogens (tertiary/aromatic N) is 3. The molecule has 3 rings (SSSR count). The number of rotatable bonds is 3. The highest BCUT2D eigenvalue weighted by Gasteiger charge is 2.12. The number of aryl methyl sites for hydroxylation is 2. The number of thiazole rings is 1. The predicted molar refractivity (Wildman–Crippen MR) is 79.3 cm³/mol. The maximum Gasteiger partial charge on any atom is 0.160 e. The molecule has 0 aliphatic heterocycles. The van der Waals surface area contributed by atoms with Crippen LogP contribution >= 0.6 is 11.3 Å². The van der Waals surface area contributed by atoms with Gasteiger partial charge in [0.25, 0.3) is 0 Å². The van der Waals surface area contributed by atoms with E-state index in [2.05, 4.69) is 40.1 Å². The minimum absolute atomic E-state index is 0.634. The quantitative estimate of drug-likeness (QED) is 0.797. The van der Waals surface area contributed by atoms with Crippen LogP contribution in [0.25, 0.3) is 22.6 Å². The van der Waals surface area contributed by atoms with E-state index >= 15 is 0 Å². The van der Waals surface area contributed by atoms with E-state index in [1.54, 1.807) is 11.3 Å². The van der Waals surface area contributed by atoms with Crippen LogP contribution in [0.1, 0.15) is 10.6 Å². The number of fused-ring (bicyclic) bond motifs is 1. The largest absolute Gasteiger partial charge is 0.330 e. The lowest BCUT2D eigenvalue weighted by Gasteiger charge is -1.98. The van der Waals surface area contributed by atoms with Gasteiger partial charge in [0.15, 0.2) is 5.82 Å². The van der Waals surface area contributed by atoms with Gasteiger partial charge < -0.3 is 10.3 Å². The number of aromatic nitrogens is 3. The molecule has 0 aliphatic rings. The second-order valence-corrected chi connectivity index (χ2v) is 5.59. The molecule has 1 aromatic carbocycles. The second-order valence-electron chi connectivity index (χ2n) is 4.65. The summed E-state index contributed by atoms with van der Waals surface area (Å²) in [5.41, 5.74) is 9.87. The zero-order valence-corrected chi connectivity index (χ0v) is 11.9. The summed E-state index contributed by atoms with van der Waals surface area (Å²) in [4.78, 5) is 9.30. The predicted octanol–water partition coefficient (Wildman–Crippen LogP) is 2.51. The molecule has 19 heavy (non-hydrogen) atoms. The van der Waals surface area contributed by atoms with Gasteiger partial charge in [-0.15, -0.1) is 11.3 Å². The first-order valence-corrected chi connectivity index (χ1v) is 7.15. The van der Waals surface area contributed by atoms with Crippen LogP contribution in [0.5, 0.6) is 0 Å². The molecule has 0 aliphatic carbocycles. The molecule has 2 aromatic heterocycles. The average molecular weight is 272 g/mol. The van der Waals surface area contributed by atoms with E-state index in [0.717, 1.165) is 34.0 Å². The summed E-state index contributed by atoms with van der Waals surface area (Å²) in [6, 6.07) is 6.31. The molecule has 0 atom stereocenters. The topological polar surface area (TPSA) is 56.7 Å². The summed E-state index contributed by atoms with van der Waals surface area (Å²) < 4.78 is 2.09. The van der Waals surface area contributed by atoms with E-state index in [-0.39, 0.29) is 0 Å². The molecule has 0 unspecified atom stereocenters. The van der Waals surface area contributed by atoms with Crippen LogP contribution in [0.2, 0.25) is 0 Å². The minimum Gasteiger partial charge on any atom is -0.330 e. The summed E-state index contributed by atoms with van der Waals surface area (Å²) in [6.07, 6.45) is 0.827. The Morgan fingerprint density at radius 1 is 1.32 bits per heavy atom. The van der Waals surface area contributed by atoms with Crippen LogP contribution in [0.3, 0.4) is 0 Å². The van der Waals surface area contributed by atoms with Crippen molar-refractivity contribution in [2.24, 2.45) is 12.8 Å². The van der Waals surface area contributed by atoms with Crippen LogP contribution < -0.4 is 5.73 Å². The van der Waals surface area contributed by atoms with Gasteiger partial charge in [-0.05, 0) is 31.2 Å². The summed E-state index contributed by atoms with van der Waals surface area (Å²) in [7, 11) is 2.03. The standard InChI is InChI=1S/C14H16N4S/c1-9-3-4-12-10(7-9)17-14(18(12)2)11-8-19-13(16-11)5-6-15/h3-4,7-8H,5-6,15H2,1-2H3. The first-order valence-electron chi connectivity index (χ1n) is 6.27. The zero-order chi connectivity index (χ0) is 13.4. The summed E-state index contributed by atoms with van der Waals surface area (Å²) in [5.74, 6) is 0.917. The highest BCUT2D eigenvalue weighted by Crippen LogP contribution is 2.25. The lowest BCUT2D eigenvalue weighted by molar-refractivity contribution is 0.932. The van der Waals surface area contributed by atoms with Gasteiger partial charge >= 0.3 is 0 Å². The van der Waals surface area contributed by atoms with Gasteiger partial charge in [0.05, 0.1) is 16.0 Å². The van der Waals surface area contributed by atoms with Gasteiger partial charge in [-0.25, -0.2) is 9.97 Å². The Labute approximate surface area is 115 Å².